The zero-order valence-corrected chi connectivity index (χ0v) is 11.0. The number of amides is 2. The van der Waals surface area contributed by atoms with Gasteiger partial charge < -0.3 is 14.9 Å². The molecule has 102 valence electrons. The second-order valence-corrected chi connectivity index (χ2v) is 5.67. The van der Waals surface area contributed by atoms with Crippen LogP contribution >= 0.6 is 0 Å². The van der Waals surface area contributed by atoms with Crippen LogP contribution in [0.5, 0.6) is 0 Å². The summed E-state index contributed by atoms with van der Waals surface area (Å²) < 4.78 is 0. The third kappa shape index (κ3) is 3.15. The van der Waals surface area contributed by atoms with Crippen molar-refractivity contribution in [1.29, 1.82) is 0 Å². The molecule has 0 aliphatic carbocycles. The molecule has 2 rings (SSSR count). The van der Waals surface area contributed by atoms with Crippen LogP contribution in [0.4, 0.5) is 4.79 Å². The monoisotopic (exact) mass is 254 g/mol. The van der Waals surface area contributed by atoms with E-state index < -0.39 is 5.97 Å². The lowest BCUT2D eigenvalue weighted by atomic mass is 9.97. The van der Waals surface area contributed by atoms with Gasteiger partial charge in [0.25, 0.3) is 0 Å². The molecule has 0 saturated carbocycles. The lowest BCUT2D eigenvalue weighted by Gasteiger charge is -2.41. The van der Waals surface area contributed by atoms with Crippen molar-refractivity contribution in [3.8, 4) is 0 Å². The SMILES string of the molecule is CC1CCCN(C(=O)N2CC(CC(=O)O)C2)CC1. The largest absolute Gasteiger partial charge is 0.481 e. The number of likely N-dealkylation sites (tertiary alicyclic amines) is 2. The van der Waals surface area contributed by atoms with E-state index in [1.54, 1.807) is 4.90 Å². The van der Waals surface area contributed by atoms with E-state index in [-0.39, 0.29) is 18.4 Å². The minimum Gasteiger partial charge on any atom is -0.481 e. The average Bonchev–Trinajstić information content (AvgIpc) is 2.47. The van der Waals surface area contributed by atoms with E-state index in [4.69, 9.17) is 5.11 Å². The number of hydrogen-bond donors (Lipinski definition) is 1. The summed E-state index contributed by atoms with van der Waals surface area (Å²) in [4.78, 5) is 26.4. The Morgan fingerprint density at radius 1 is 1.17 bits per heavy atom. The molecule has 1 N–H and O–H groups in total. The summed E-state index contributed by atoms with van der Waals surface area (Å²) in [6.45, 7) is 5.15. The van der Waals surface area contributed by atoms with Crippen molar-refractivity contribution >= 4 is 12.0 Å². The smallest absolute Gasteiger partial charge is 0.320 e. The topological polar surface area (TPSA) is 60.9 Å². The molecule has 0 bridgehead atoms. The Bertz CT molecular complexity index is 326. The molecule has 0 spiro atoms. The van der Waals surface area contributed by atoms with Crippen LogP contribution in [0.3, 0.4) is 0 Å². The molecule has 2 amide bonds. The first-order valence-corrected chi connectivity index (χ1v) is 6.82. The third-order valence-corrected chi connectivity index (χ3v) is 3.98. The van der Waals surface area contributed by atoms with Crippen molar-refractivity contribution in [2.24, 2.45) is 11.8 Å². The van der Waals surface area contributed by atoms with Crippen molar-refractivity contribution in [3.63, 3.8) is 0 Å². The summed E-state index contributed by atoms with van der Waals surface area (Å²) in [5.41, 5.74) is 0. The summed E-state index contributed by atoms with van der Waals surface area (Å²) in [7, 11) is 0. The first-order valence-electron chi connectivity index (χ1n) is 6.82. The molecule has 2 aliphatic rings. The van der Waals surface area contributed by atoms with Gasteiger partial charge in [-0.3, -0.25) is 4.79 Å². The Balaban J connectivity index is 1.77. The summed E-state index contributed by atoms with van der Waals surface area (Å²) in [5.74, 6) is 0.0898. The number of carboxylic acids is 1. The van der Waals surface area contributed by atoms with Gasteiger partial charge in [0.05, 0.1) is 6.42 Å². The van der Waals surface area contributed by atoms with E-state index in [0.29, 0.717) is 19.0 Å². The first kappa shape index (κ1) is 13.2. The van der Waals surface area contributed by atoms with Crippen molar-refractivity contribution in [2.75, 3.05) is 26.2 Å². The second-order valence-electron chi connectivity index (χ2n) is 5.67. The molecule has 2 heterocycles. The summed E-state index contributed by atoms with van der Waals surface area (Å²) in [6.07, 6.45) is 3.55. The van der Waals surface area contributed by atoms with Crippen molar-refractivity contribution in [1.82, 2.24) is 9.80 Å². The predicted molar refractivity (Wildman–Crippen MR) is 67.3 cm³/mol. The third-order valence-electron chi connectivity index (χ3n) is 3.98. The van der Waals surface area contributed by atoms with Crippen molar-refractivity contribution < 1.29 is 14.7 Å². The van der Waals surface area contributed by atoms with Crippen molar-refractivity contribution in [2.45, 2.75) is 32.6 Å². The Hall–Kier alpha value is -1.26. The molecule has 0 aromatic heterocycles. The minimum atomic E-state index is -0.768. The van der Waals surface area contributed by atoms with Gasteiger partial charge in [-0.05, 0) is 25.2 Å². The van der Waals surface area contributed by atoms with E-state index in [9.17, 15) is 9.59 Å². The fraction of sp³-hybridized carbons (Fsp3) is 0.846. The number of carboxylic acid groups (broad SMARTS) is 1. The van der Waals surface area contributed by atoms with Crippen LogP contribution in [0.25, 0.3) is 0 Å². The minimum absolute atomic E-state index is 0.103. The molecule has 0 radical (unpaired) electrons. The molecule has 1 unspecified atom stereocenters. The Kier molecular flexibility index (Phi) is 4.09. The van der Waals surface area contributed by atoms with E-state index >= 15 is 0 Å². The zero-order chi connectivity index (χ0) is 13.1. The quantitative estimate of drug-likeness (QED) is 0.814. The van der Waals surface area contributed by atoms with Crippen LogP contribution in [0.1, 0.15) is 32.6 Å². The molecule has 18 heavy (non-hydrogen) atoms. The molecule has 5 nitrogen and oxygen atoms in total. The highest BCUT2D eigenvalue weighted by Gasteiger charge is 2.34. The van der Waals surface area contributed by atoms with E-state index in [1.165, 1.54) is 6.42 Å². The lowest BCUT2D eigenvalue weighted by Crippen LogP contribution is -2.55. The van der Waals surface area contributed by atoms with Crippen molar-refractivity contribution in [3.05, 3.63) is 0 Å². The molecule has 2 saturated heterocycles. The van der Waals surface area contributed by atoms with Crippen LogP contribution in [0.15, 0.2) is 0 Å². The molecule has 2 fully saturated rings. The van der Waals surface area contributed by atoms with Crippen LogP contribution < -0.4 is 0 Å². The fourth-order valence-corrected chi connectivity index (χ4v) is 2.76. The first-order chi connectivity index (χ1) is 8.56. The van der Waals surface area contributed by atoms with E-state index in [1.807, 2.05) is 4.90 Å². The molecule has 1 atom stereocenters. The predicted octanol–water partition coefficient (Wildman–Crippen LogP) is 1.63. The Labute approximate surface area is 108 Å². The number of hydrogen-bond acceptors (Lipinski definition) is 2. The van der Waals surface area contributed by atoms with Crippen LogP contribution in [0, 0.1) is 11.8 Å². The van der Waals surface area contributed by atoms with Gasteiger partial charge in [0, 0.05) is 32.1 Å². The van der Waals surface area contributed by atoms with Gasteiger partial charge in [0.1, 0.15) is 0 Å². The molecule has 5 heteroatoms. The number of urea groups is 1. The fourth-order valence-electron chi connectivity index (χ4n) is 2.76. The van der Waals surface area contributed by atoms with E-state index in [2.05, 4.69) is 6.92 Å². The van der Waals surface area contributed by atoms with Gasteiger partial charge in [-0.25, -0.2) is 4.79 Å². The average molecular weight is 254 g/mol. The highest BCUT2D eigenvalue weighted by Crippen LogP contribution is 2.23. The maximum absolute atomic E-state index is 12.2. The van der Waals surface area contributed by atoms with Crippen LogP contribution in [-0.2, 0) is 4.79 Å². The maximum atomic E-state index is 12.2. The normalized spacial score (nSPS) is 25.5. The number of carbonyl (C=O) groups is 2. The number of rotatable bonds is 2. The van der Waals surface area contributed by atoms with Gasteiger partial charge in [0.15, 0.2) is 0 Å². The van der Waals surface area contributed by atoms with Crippen LogP contribution in [-0.4, -0.2) is 53.1 Å². The summed E-state index contributed by atoms with van der Waals surface area (Å²) in [5, 5.41) is 8.67. The standard InChI is InChI=1S/C13H22N2O3/c1-10-3-2-5-14(6-4-10)13(18)15-8-11(9-15)7-12(16)17/h10-11H,2-9H2,1H3,(H,16,17). The summed E-state index contributed by atoms with van der Waals surface area (Å²) >= 11 is 0. The Morgan fingerprint density at radius 3 is 2.56 bits per heavy atom. The highest BCUT2D eigenvalue weighted by molar-refractivity contribution is 5.76. The number of nitrogens with zero attached hydrogens (tertiary/aromatic N) is 2. The molecular formula is C13H22N2O3. The molecule has 0 aromatic carbocycles. The Morgan fingerprint density at radius 2 is 1.89 bits per heavy atom. The maximum Gasteiger partial charge on any atom is 0.320 e. The second kappa shape index (κ2) is 5.59. The summed E-state index contributed by atoms with van der Waals surface area (Å²) in [6, 6.07) is 0.103. The van der Waals surface area contributed by atoms with Gasteiger partial charge in [-0.15, -0.1) is 0 Å². The number of aliphatic carboxylic acids is 1. The number of carbonyl (C=O) groups excluding carboxylic acids is 1. The molecule has 2 aliphatic heterocycles. The zero-order valence-electron chi connectivity index (χ0n) is 11.0. The molecule has 0 aromatic rings. The van der Waals surface area contributed by atoms with Gasteiger partial charge in [-0.1, -0.05) is 6.92 Å². The van der Waals surface area contributed by atoms with Crippen LogP contribution in [0.2, 0.25) is 0 Å². The van der Waals surface area contributed by atoms with Gasteiger partial charge >= 0.3 is 12.0 Å². The van der Waals surface area contributed by atoms with Gasteiger partial charge in [0.2, 0.25) is 0 Å². The van der Waals surface area contributed by atoms with E-state index in [0.717, 1.165) is 25.9 Å². The highest BCUT2D eigenvalue weighted by atomic mass is 16.4. The lowest BCUT2D eigenvalue weighted by molar-refractivity contribution is -0.139. The molecular weight excluding hydrogens is 232 g/mol. The van der Waals surface area contributed by atoms with Gasteiger partial charge in [-0.2, -0.15) is 0 Å².